The number of pyridine rings is 1. The molecule has 5 nitrogen and oxygen atoms in total. The summed E-state index contributed by atoms with van der Waals surface area (Å²) < 4.78 is 5.07. The SMILES string of the molecule is CNc1cc(C(C)(C)C)nc(Cc2ccc(OC)nc2)n1. The van der Waals surface area contributed by atoms with Crippen LogP contribution in [-0.2, 0) is 11.8 Å². The molecule has 0 fully saturated rings. The van der Waals surface area contributed by atoms with Crippen LogP contribution in [0.1, 0.15) is 37.9 Å². The highest BCUT2D eigenvalue weighted by atomic mass is 16.5. The minimum Gasteiger partial charge on any atom is -0.481 e. The first-order chi connectivity index (χ1) is 9.92. The van der Waals surface area contributed by atoms with Crippen molar-refractivity contribution >= 4 is 5.82 Å². The summed E-state index contributed by atoms with van der Waals surface area (Å²) in [6.07, 6.45) is 2.45. The second kappa shape index (κ2) is 6.08. The van der Waals surface area contributed by atoms with Gasteiger partial charge in [-0.25, -0.2) is 15.0 Å². The van der Waals surface area contributed by atoms with E-state index in [0.717, 1.165) is 22.9 Å². The zero-order valence-corrected chi connectivity index (χ0v) is 13.3. The van der Waals surface area contributed by atoms with E-state index in [9.17, 15) is 0 Å². The van der Waals surface area contributed by atoms with E-state index in [1.54, 1.807) is 13.3 Å². The lowest BCUT2D eigenvalue weighted by molar-refractivity contribution is 0.397. The highest BCUT2D eigenvalue weighted by Crippen LogP contribution is 2.23. The Hall–Kier alpha value is -2.17. The van der Waals surface area contributed by atoms with Crippen molar-refractivity contribution in [1.82, 2.24) is 15.0 Å². The summed E-state index contributed by atoms with van der Waals surface area (Å²) in [7, 11) is 3.48. The summed E-state index contributed by atoms with van der Waals surface area (Å²) in [5, 5.41) is 3.10. The van der Waals surface area contributed by atoms with Crippen LogP contribution < -0.4 is 10.1 Å². The van der Waals surface area contributed by atoms with Gasteiger partial charge in [-0.05, 0) is 5.56 Å². The number of hydrogen-bond acceptors (Lipinski definition) is 5. The number of nitrogens with zero attached hydrogens (tertiary/aromatic N) is 3. The topological polar surface area (TPSA) is 59.9 Å². The molecule has 5 heteroatoms. The molecular weight excluding hydrogens is 264 g/mol. The summed E-state index contributed by atoms with van der Waals surface area (Å²) in [6.45, 7) is 6.44. The van der Waals surface area contributed by atoms with E-state index < -0.39 is 0 Å². The maximum Gasteiger partial charge on any atom is 0.212 e. The fourth-order valence-corrected chi connectivity index (χ4v) is 1.91. The van der Waals surface area contributed by atoms with Crippen molar-refractivity contribution in [2.75, 3.05) is 19.5 Å². The summed E-state index contributed by atoms with van der Waals surface area (Å²) in [5.41, 5.74) is 2.07. The Bertz CT molecular complexity index is 603. The molecule has 0 aromatic carbocycles. The van der Waals surface area contributed by atoms with Crippen LogP contribution in [0.25, 0.3) is 0 Å². The molecule has 112 valence electrons. The van der Waals surface area contributed by atoms with Gasteiger partial charge in [0.05, 0.1) is 12.8 Å². The Balaban J connectivity index is 2.29. The molecule has 0 spiro atoms. The van der Waals surface area contributed by atoms with Crippen LogP contribution in [-0.4, -0.2) is 29.1 Å². The quantitative estimate of drug-likeness (QED) is 0.936. The van der Waals surface area contributed by atoms with Crippen molar-refractivity contribution in [2.24, 2.45) is 0 Å². The normalized spacial score (nSPS) is 11.3. The molecule has 0 saturated carbocycles. The van der Waals surface area contributed by atoms with Crippen LogP contribution in [0.3, 0.4) is 0 Å². The molecular formula is C16H22N4O. The third kappa shape index (κ3) is 3.90. The van der Waals surface area contributed by atoms with Crippen LogP contribution in [0.15, 0.2) is 24.4 Å². The summed E-state index contributed by atoms with van der Waals surface area (Å²) in [6, 6.07) is 5.83. The molecule has 2 heterocycles. The molecule has 0 unspecified atom stereocenters. The molecule has 0 amide bonds. The van der Waals surface area contributed by atoms with Crippen LogP contribution in [0.4, 0.5) is 5.82 Å². The van der Waals surface area contributed by atoms with Gasteiger partial charge in [-0.1, -0.05) is 26.8 Å². The maximum absolute atomic E-state index is 5.07. The first-order valence-corrected chi connectivity index (χ1v) is 6.97. The van der Waals surface area contributed by atoms with Crippen LogP contribution >= 0.6 is 0 Å². The Morgan fingerprint density at radius 1 is 1.19 bits per heavy atom. The third-order valence-corrected chi connectivity index (χ3v) is 3.17. The molecule has 0 atom stereocenters. The zero-order chi connectivity index (χ0) is 15.5. The second-order valence-electron chi connectivity index (χ2n) is 5.94. The van der Waals surface area contributed by atoms with E-state index in [4.69, 9.17) is 4.74 Å². The van der Waals surface area contributed by atoms with E-state index >= 15 is 0 Å². The van der Waals surface area contributed by atoms with E-state index in [2.05, 4.69) is 41.0 Å². The number of ether oxygens (including phenoxy) is 1. The molecule has 2 rings (SSSR count). The fraction of sp³-hybridized carbons (Fsp3) is 0.438. The number of anilines is 1. The van der Waals surface area contributed by atoms with Gasteiger partial charge in [0.15, 0.2) is 0 Å². The van der Waals surface area contributed by atoms with Crippen LogP contribution in [0.2, 0.25) is 0 Å². The average Bonchev–Trinajstić information content (AvgIpc) is 2.46. The molecule has 2 aromatic heterocycles. The lowest BCUT2D eigenvalue weighted by Crippen LogP contribution is -2.16. The first kappa shape index (κ1) is 15.2. The lowest BCUT2D eigenvalue weighted by atomic mass is 9.92. The van der Waals surface area contributed by atoms with Gasteiger partial charge in [-0.15, -0.1) is 0 Å². The number of rotatable bonds is 4. The van der Waals surface area contributed by atoms with Crippen molar-refractivity contribution in [1.29, 1.82) is 0 Å². The van der Waals surface area contributed by atoms with Crippen LogP contribution in [0, 0.1) is 0 Å². The Kier molecular flexibility index (Phi) is 4.40. The van der Waals surface area contributed by atoms with Gasteiger partial charge >= 0.3 is 0 Å². The molecule has 0 bridgehead atoms. The standard InChI is InChI=1S/C16H22N4O/c1-16(2,3)12-9-13(17-4)20-14(19-12)8-11-6-7-15(21-5)18-10-11/h6-7,9-10H,8H2,1-5H3,(H,17,19,20). The Morgan fingerprint density at radius 2 is 1.95 bits per heavy atom. The number of aromatic nitrogens is 3. The van der Waals surface area contributed by atoms with E-state index in [1.165, 1.54) is 0 Å². The van der Waals surface area contributed by atoms with Crippen molar-refractivity contribution in [3.8, 4) is 5.88 Å². The van der Waals surface area contributed by atoms with Gasteiger partial charge in [0.25, 0.3) is 0 Å². The fourth-order valence-electron chi connectivity index (χ4n) is 1.91. The molecule has 0 saturated heterocycles. The molecule has 0 aliphatic rings. The Labute approximate surface area is 125 Å². The second-order valence-corrected chi connectivity index (χ2v) is 5.94. The average molecular weight is 286 g/mol. The highest BCUT2D eigenvalue weighted by molar-refractivity contribution is 5.38. The van der Waals surface area contributed by atoms with Crippen molar-refractivity contribution in [3.63, 3.8) is 0 Å². The predicted molar refractivity (Wildman–Crippen MR) is 83.9 cm³/mol. The molecule has 0 aliphatic heterocycles. The monoisotopic (exact) mass is 286 g/mol. The lowest BCUT2D eigenvalue weighted by Gasteiger charge is -2.19. The van der Waals surface area contributed by atoms with Crippen molar-refractivity contribution in [2.45, 2.75) is 32.6 Å². The van der Waals surface area contributed by atoms with E-state index in [-0.39, 0.29) is 5.41 Å². The van der Waals surface area contributed by atoms with Gasteiger partial charge in [-0.3, -0.25) is 0 Å². The first-order valence-electron chi connectivity index (χ1n) is 6.97. The highest BCUT2D eigenvalue weighted by Gasteiger charge is 2.18. The zero-order valence-electron chi connectivity index (χ0n) is 13.3. The molecule has 2 aromatic rings. The van der Waals surface area contributed by atoms with Gasteiger partial charge in [0, 0.05) is 37.2 Å². The van der Waals surface area contributed by atoms with Gasteiger partial charge in [-0.2, -0.15) is 0 Å². The van der Waals surface area contributed by atoms with Gasteiger partial charge in [0.2, 0.25) is 5.88 Å². The smallest absolute Gasteiger partial charge is 0.212 e. The molecule has 0 radical (unpaired) electrons. The molecule has 0 aliphatic carbocycles. The number of hydrogen-bond donors (Lipinski definition) is 1. The predicted octanol–water partition coefficient (Wildman–Crippen LogP) is 2.81. The largest absolute Gasteiger partial charge is 0.481 e. The van der Waals surface area contributed by atoms with Gasteiger partial charge in [0.1, 0.15) is 11.6 Å². The maximum atomic E-state index is 5.07. The van der Waals surface area contributed by atoms with Crippen LogP contribution in [0.5, 0.6) is 5.88 Å². The number of nitrogens with one attached hydrogen (secondary N) is 1. The summed E-state index contributed by atoms with van der Waals surface area (Å²) >= 11 is 0. The molecule has 1 N–H and O–H groups in total. The van der Waals surface area contributed by atoms with E-state index in [0.29, 0.717) is 12.3 Å². The minimum atomic E-state index is -0.0125. The van der Waals surface area contributed by atoms with E-state index in [1.807, 2.05) is 25.2 Å². The minimum absolute atomic E-state index is 0.0125. The Morgan fingerprint density at radius 3 is 2.48 bits per heavy atom. The number of methoxy groups -OCH3 is 1. The molecule has 21 heavy (non-hydrogen) atoms. The van der Waals surface area contributed by atoms with Crippen molar-refractivity contribution in [3.05, 3.63) is 41.5 Å². The third-order valence-electron chi connectivity index (χ3n) is 3.17. The van der Waals surface area contributed by atoms with Crippen molar-refractivity contribution < 1.29 is 4.74 Å². The summed E-state index contributed by atoms with van der Waals surface area (Å²) in [5.74, 6) is 2.24. The summed E-state index contributed by atoms with van der Waals surface area (Å²) in [4.78, 5) is 13.4. The van der Waals surface area contributed by atoms with Gasteiger partial charge < -0.3 is 10.1 Å².